The molecule has 0 radical (unpaired) electrons. The third-order valence-electron chi connectivity index (χ3n) is 5.55. The molecule has 0 aliphatic carbocycles. The van der Waals surface area contributed by atoms with Gasteiger partial charge in [-0.3, -0.25) is 4.98 Å². The summed E-state index contributed by atoms with van der Waals surface area (Å²) in [7, 11) is 0. The van der Waals surface area contributed by atoms with Crippen LogP contribution in [0.3, 0.4) is 0 Å². The highest BCUT2D eigenvalue weighted by molar-refractivity contribution is 5.65. The van der Waals surface area contributed by atoms with Gasteiger partial charge in [0.15, 0.2) is 11.5 Å². The first-order valence-electron chi connectivity index (χ1n) is 10.6. The summed E-state index contributed by atoms with van der Waals surface area (Å²) >= 11 is 0. The molecule has 0 N–H and O–H groups in total. The van der Waals surface area contributed by atoms with E-state index in [4.69, 9.17) is 19.9 Å². The predicted octanol–water partition coefficient (Wildman–Crippen LogP) is 3.48. The summed E-state index contributed by atoms with van der Waals surface area (Å²) in [6, 6.07) is 22.0. The maximum Gasteiger partial charge on any atom is 0.160 e. The fourth-order valence-corrected chi connectivity index (χ4v) is 3.93. The lowest BCUT2D eigenvalue weighted by Crippen LogP contribution is -2.37. The average Bonchev–Trinajstić information content (AvgIpc) is 3.53. The minimum absolute atomic E-state index is 0.688. The van der Waals surface area contributed by atoms with Crippen LogP contribution in [0.15, 0.2) is 79.1 Å². The summed E-state index contributed by atoms with van der Waals surface area (Å²) in [5.41, 5.74) is 4.33. The van der Waals surface area contributed by atoms with Gasteiger partial charge in [-0.25, -0.2) is 9.67 Å². The molecule has 0 saturated carbocycles. The number of hydrogen-bond acceptors (Lipinski definition) is 6. The van der Waals surface area contributed by atoms with Crippen molar-refractivity contribution in [1.82, 2.24) is 29.4 Å². The summed E-state index contributed by atoms with van der Waals surface area (Å²) < 4.78 is 9.27. The van der Waals surface area contributed by atoms with Crippen molar-refractivity contribution in [1.29, 1.82) is 0 Å². The predicted molar refractivity (Wildman–Crippen MR) is 122 cm³/mol. The van der Waals surface area contributed by atoms with Crippen LogP contribution in [0.5, 0.6) is 0 Å². The van der Waals surface area contributed by atoms with E-state index >= 15 is 0 Å². The van der Waals surface area contributed by atoms with Crippen LogP contribution in [0.2, 0.25) is 0 Å². The standard InChI is InChI=1S/C24H21N7O/c1-2-6-18(7-3-1)19-9-11-30(27-19)22-17-24(29-12-14-32-15-13-29)31-23(26-22)16-21(28-31)20-8-4-5-10-25-20/h1-11,16-17H,12-15H2. The topological polar surface area (TPSA) is 73.4 Å². The first kappa shape index (κ1) is 18.7. The van der Waals surface area contributed by atoms with Gasteiger partial charge in [0, 0.05) is 43.2 Å². The molecule has 8 heteroatoms. The second-order valence-electron chi connectivity index (χ2n) is 7.60. The molecule has 1 fully saturated rings. The molecule has 32 heavy (non-hydrogen) atoms. The number of hydrogen-bond donors (Lipinski definition) is 0. The fraction of sp³-hybridized carbons (Fsp3) is 0.167. The zero-order valence-corrected chi connectivity index (χ0v) is 17.4. The van der Waals surface area contributed by atoms with Crippen LogP contribution < -0.4 is 4.90 Å². The van der Waals surface area contributed by atoms with E-state index in [-0.39, 0.29) is 0 Å². The molecular weight excluding hydrogens is 402 g/mol. The van der Waals surface area contributed by atoms with Gasteiger partial charge >= 0.3 is 0 Å². The zero-order valence-electron chi connectivity index (χ0n) is 17.4. The minimum atomic E-state index is 0.688. The van der Waals surface area contributed by atoms with Crippen LogP contribution in [0.1, 0.15) is 0 Å². The van der Waals surface area contributed by atoms with Crippen molar-refractivity contribution in [2.45, 2.75) is 0 Å². The lowest BCUT2D eigenvalue weighted by atomic mass is 10.2. The van der Waals surface area contributed by atoms with Gasteiger partial charge in [0.05, 0.1) is 24.6 Å². The Hall–Kier alpha value is -4.04. The third-order valence-corrected chi connectivity index (χ3v) is 5.55. The van der Waals surface area contributed by atoms with Crippen molar-refractivity contribution in [2.24, 2.45) is 0 Å². The first-order valence-corrected chi connectivity index (χ1v) is 10.6. The molecule has 1 aliphatic rings. The van der Waals surface area contributed by atoms with Crippen molar-refractivity contribution in [2.75, 3.05) is 31.2 Å². The van der Waals surface area contributed by atoms with E-state index in [2.05, 4.69) is 22.0 Å². The molecule has 0 atom stereocenters. The molecule has 1 aromatic carbocycles. The van der Waals surface area contributed by atoms with Gasteiger partial charge in [-0.15, -0.1) is 0 Å². The maximum atomic E-state index is 5.56. The number of rotatable bonds is 4. The molecule has 5 heterocycles. The lowest BCUT2D eigenvalue weighted by molar-refractivity contribution is 0.122. The highest BCUT2D eigenvalue weighted by Crippen LogP contribution is 2.25. The second-order valence-corrected chi connectivity index (χ2v) is 7.60. The number of fused-ring (bicyclic) bond motifs is 1. The SMILES string of the molecule is c1ccc(-c2ccn(-c3cc(N4CCOCC4)n4nc(-c5ccccn5)cc4n3)n2)cc1. The average molecular weight is 423 g/mol. The second kappa shape index (κ2) is 7.90. The van der Waals surface area contributed by atoms with Crippen molar-refractivity contribution >= 4 is 11.5 Å². The van der Waals surface area contributed by atoms with E-state index in [0.717, 1.165) is 53.0 Å². The normalized spacial score (nSPS) is 14.2. The molecule has 1 aliphatic heterocycles. The summed E-state index contributed by atoms with van der Waals surface area (Å²) in [4.78, 5) is 11.6. The number of aromatic nitrogens is 6. The van der Waals surface area contributed by atoms with E-state index in [9.17, 15) is 0 Å². The number of anilines is 1. The molecule has 1 saturated heterocycles. The molecule has 0 bridgehead atoms. The summed E-state index contributed by atoms with van der Waals surface area (Å²) in [6.45, 7) is 2.97. The van der Waals surface area contributed by atoms with Gasteiger partial charge in [0.25, 0.3) is 0 Å². The van der Waals surface area contributed by atoms with Crippen LogP contribution in [-0.4, -0.2) is 55.7 Å². The molecule has 6 rings (SSSR count). The molecule has 8 nitrogen and oxygen atoms in total. The number of nitrogens with zero attached hydrogens (tertiary/aromatic N) is 7. The van der Waals surface area contributed by atoms with Crippen molar-refractivity contribution in [3.63, 3.8) is 0 Å². The first-order chi connectivity index (χ1) is 15.8. The van der Waals surface area contributed by atoms with Gasteiger partial charge in [-0.05, 0) is 18.2 Å². The minimum Gasteiger partial charge on any atom is -0.378 e. The number of ether oxygens (including phenoxy) is 1. The quantitative estimate of drug-likeness (QED) is 0.441. The zero-order chi connectivity index (χ0) is 21.3. The lowest BCUT2D eigenvalue weighted by Gasteiger charge is -2.29. The fourth-order valence-electron chi connectivity index (χ4n) is 3.93. The summed E-state index contributed by atoms with van der Waals surface area (Å²) in [5.74, 6) is 1.71. The van der Waals surface area contributed by atoms with E-state index in [1.165, 1.54) is 0 Å². The van der Waals surface area contributed by atoms with Gasteiger partial charge in [0.2, 0.25) is 0 Å². The van der Waals surface area contributed by atoms with Crippen molar-refractivity contribution in [3.05, 3.63) is 79.1 Å². The molecule has 5 aromatic rings. The van der Waals surface area contributed by atoms with Crippen LogP contribution in [-0.2, 0) is 4.74 Å². The molecule has 0 amide bonds. The number of morpholine rings is 1. The molecule has 158 valence electrons. The molecule has 0 spiro atoms. The Labute approximate surface area is 184 Å². The highest BCUT2D eigenvalue weighted by atomic mass is 16.5. The smallest absolute Gasteiger partial charge is 0.160 e. The Morgan fingerprint density at radius 3 is 2.44 bits per heavy atom. The molecule has 0 unspecified atom stereocenters. The number of pyridine rings is 1. The Kier molecular flexibility index (Phi) is 4.62. The Morgan fingerprint density at radius 2 is 1.62 bits per heavy atom. The third kappa shape index (κ3) is 3.40. The van der Waals surface area contributed by atoms with Gasteiger partial charge < -0.3 is 9.64 Å². The molecular formula is C24H21N7O. The van der Waals surface area contributed by atoms with Crippen LogP contribution >= 0.6 is 0 Å². The largest absolute Gasteiger partial charge is 0.378 e. The van der Waals surface area contributed by atoms with Crippen molar-refractivity contribution in [3.8, 4) is 28.5 Å². The van der Waals surface area contributed by atoms with E-state index in [1.54, 1.807) is 6.20 Å². The van der Waals surface area contributed by atoms with Crippen LogP contribution in [0.25, 0.3) is 34.1 Å². The summed E-state index contributed by atoms with van der Waals surface area (Å²) in [6.07, 6.45) is 3.72. The Balaban J connectivity index is 1.48. The monoisotopic (exact) mass is 423 g/mol. The molecule has 4 aromatic heterocycles. The van der Waals surface area contributed by atoms with Gasteiger partial charge in [-0.2, -0.15) is 14.7 Å². The van der Waals surface area contributed by atoms with E-state index in [0.29, 0.717) is 13.2 Å². The van der Waals surface area contributed by atoms with Crippen molar-refractivity contribution < 1.29 is 4.74 Å². The van der Waals surface area contributed by atoms with Gasteiger partial charge in [-0.1, -0.05) is 36.4 Å². The Morgan fingerprint density at radius 1 is 0.781 bits per heavy atom. The highest BCUT2D eigenvalue weighted by Gasteiger charge is 2.19. The van der Waals surface area contributed by atoms with E-state index in [1.807, 2.05) is 70.0 Å². The Bertz CT molecular complexity index is 1360. The number of benzene rings is 1. The summed E-state index contributed by atoms with van der Waals surface area (Å²) in [5, 5.41) is 9.60. The van der Waals surface area contributed by atoms with E-state index < -0.39 is 0 Å². The maximum absolute atomic E-state index is 5.56. The van der Waals surface area contributed by atoms with Gasteiger partial charge in [0.1, 0.15) is 11.5 Å². The van der Waals surface area contributed by atoms with Crippen LogP contribution in [0.4, 0.5) is 5.82 Å². The van der Waals surface area contributed by atoms with Crippen LogP contribution in [0, 0.1) is 0 Å².